The monoisotopic (exact) mass is 382 g/mol. The largest absolute Gasteiger partial charge is 0.368 e. The van der Waals surface area contributed by atoms with E-state index >= 15 is 0 Å². The Hall–Kier alpha value is -2.35. The summed E-state index contributed by atoms with van der Waals surface area (Å²) in [5.74, 6) is -0.925. The quantitative estimate of drug-likeness (QED) is 0.773. The summed E-state index contributed by atoms with van der Waals surface area (Å²) < 4.78 is 13.3. The maximum atomic E-state index is 13.3. The van der Waals surface area contributed by atoms with Gasteiger partial charge in [-0.2, -0.15) is 0 Å². The highest BCUT2D eigenvalue weighted by Gasteiger charge is 2.42. The van der Waals surface area contributed by atoms with Crippen LogP contribution < -0.4 is 15.5 Å². The van der Waals surface area contributed by atoms with E-state index in [9.17, 15) is 18.8 Å². The van der Waals surface area contributed by atoms with Crippen LogP contribution in [0.3, 0.4) is 0 Å². The molecule has 0 saturated carbocycles. The number of amides is 4. The Balaban J connectivity index is 1.51. The summed E-state index contributed by atoms with van der Waals surface area (Å²) in [7, 11) is 0. The average molecular weight is 383 g/mol. The molecule has 0 bridgehead atoms. The number of anilines is 1. The lowest BCUT2D eigenvalue weighted by Crippen LogP contribution is -2.50. The summed E-state index contributed by atoms with van der Waals surface area (Å²) in [4.78, 5) is 39.2. The lowest BCUT2D eigenvalue weighted by Gasteiger charge is -2.36. The molecule has 0 spiro atoms. The summed E-state index contributed by atoms with van der Waals surface area (Å²) in [5, 5.41) is 4.82. The molecule has 2 fully saturated rings. The predicted octanol–water partition coefficient (Wildman–Crippen LogP) is 1.51. The smallest absolute Gasteiger partial charge is 0.322 e. The van der Waals surface area contributed by atoms with Crippen molar-refractivity contribution in [3.8, 4) is 0 Å². The minimum absolute atomic E-state index is 0.0584. The van der Waals surface area contributed by atoms with E-state index in [2.05, 4.69) is 10.6 Å². The van der Waals surface area contributed by atoms with Gasteiger partial charge in [0.25, 0.3) is 5.91 Å². The molecule has 0 radical (unpaired) electrons. The van der Waals surface area contributed by atoms with Crippen LogP contribution in [0.15, 0.2) is 18.2 Å². The van der Waals surface area contributed by atoms with Crippen LogP contribution in [0.2, 0.25) is 5.02 Å². The van der Waals surface area contributed by atoms with Crippen molar-refractivity contribution in [2.24, 2.45) is 0 Å². The maximum absolute atomic E-state index is 13.3. The van der Waals surface area contributed by atoms with Gasteiger partial charge in [0.05, 0.1) is 5.02 Å². The summed E-state index contributed by atoms with van der Waals surface area (Å²) >= 11 is 5.82. The van der Waals surface area contributed by atoms with Gasteiger partial charge in [-0.25, -0.2) is 9.18 Å². The lowest BCUT2D eigenvalue weighted by molar-refractivity contribution is -0.132. The molecule has 0 aliphatic carbocycles. The lowest BCUT2D eigenvalue weighted by atomic mass is 9.96. The molecule has 2 saturated heterocycles. The van der Waals surface area contributed by atoms with Crippen molar-refractivity contribution in [1.29, 1.82) is 0 Å². The zero-order valence-corrected chi connectivity index (χ0v) is 15.1. The SMILES string of the molecule is CC1(CCC(=O)N2CCN(c3ccc(F)c(Cl)c3)CC2)NC(=O)NC1=O. The van der Waals surface area contributed by atoms with E-state index in [-0.39, 0.29) is 23.8 Å². The van der Waals surface area contributed by atoms with Gasteiger partial charge < -0.3 is 15.1 Å². The van der Waals surface area contributed by atoms with Crippen molar-refractivity contribution in [2.75, 3.05) is 31.1 Å². The molecule has 0 aromatic heterocycles. The molecule has 26 heavy (non-hydrogen) atoms. The number of piperazine rings is 1. The molecule has 7 nitrogen and oxygen atoms in total. The van der Waals surface area contributed by atoms with Gasteiger partial charge in [-0.15, -0.1) is 0 Å². The van der Waals surface area contributed by atoms with E-state index in [0.29, 0.717) is 26.2 Å². The molecule has 3 rings (SSSR count). The normalized spacial score (nSPS) is 23.0. The number of benzene rings is 1. The zero-order valence-electron chi connectivity index (χ0n) is 14.3. The van der Waals surface area contributed by atoms with Gasteiger partial charge in [-0.1, -0.05) is 11.6 Å². The van der Waals surface area contributed by atoms with Crippen LogP contribution in [-0.2, 0) is 9.59 Å². The predicted molar refractivity (Wildman–Crippen MR) is 94.5 cm³/mol. The number of hydrogen-bond acceptors (Lipinski definition) is 4. The van der Waals surface area contributed by atoms with Gasteiger partial charge in [0, 0.05) is 38.3 Å². The number of nitrogens with one attached hydrogen (secondary N) is 2. The number of nitrogens with zero attached hydrogens (tertiary/aromatic N) is 2. The molecule has 9 heteroatoms. The third kappa shape index (κ3) is 3.75. The fourth-order valence-corrected chi connectivity index (χ4v) is 3.34. The number of carbonyl (C=O) groups excluding carboxylic acids is 3. The van der Waals surface area contributed by atoms with Crippen LogP contribution >= 0.6 is 11.6 Å². The van der Waals surface area contributed by atoms with Gasteiger partial charge in [0.15, 0.2) is 0 Å². The first-order valence-electron chi connectivity index (χ1n) is 8.40. The number of carbonyl (C=O) groups is 3. The van der Waals surface area contributed by atoms with Gasteiger partial charge in [-0.3, -0.25) is 14.9 Å². The minimum Gasteiger partial charge on any atom is -0.368 e. The Bertz CT molecular complexity index is 752. The molecule has 2 aliphatic heterocycles. The molecular formula is C17H20ClFN4O3. The topological polar surface area (TPSA) is 81.8 Å². The standard InChI is InChI=1S/C17H20ClFN4O3/c1-17(15(25)20-16(26)21-17)5-4-14(24)23-8-6-22(7-9-23)11-2-3-13(19)12(18)10-11/h2-3,10H,4-9H2,1H3,(H2,20,21,25,26). The van der Waals surface area contributed by atoms with Crippen molar-refractivity contribution >= 4 is 35.1 Å². The fourth-order valence-electron chi connectivity index (χ4n) is 3.17. The molecule has 1 unspecified atom stereocenters. The summed E-state index contributed by atoms with van der Waals surface area (Å²) in [6.45, 7) is 3.90. The first kappa shape index (κ1) is 18.4. The van der Waals surface area contributed by atoms with Crippen molar-refractivity contribution in [3.05, 3.63) is 29.0 Å². The Morgan fingerprint density at radius 1 is 1.27 bits per heavy atom. The van der Waals surface area contributed by atoms with Gasteiger partial charge in [0.2, 0.25) is 5.91 Å². The van der Waals surface area contributed by atoms with Crippen LogP contribution in [-0.4, -0.2) is 54.5 Å². The second kappa shape index (κ2) is 7.11. The summed E-state index contributed by atoms with van der Waals surface area (Å²) in [5.41, 5.74) is -0.222. The number of halogens is 2. The van der Waals surface area contributed by atoms with E-state index in [0.717, 1.165) is 5.69 Å². The van der Waals surface area contributed by atoms with E-state index in [1.165, 1.54) is 6.07 Å². The van der Waals surface area contributed by atoms with Crippen molar-refractivity contribution < 1.29 is 18.8 Å². The fraction of sp³-hybridized carbons (Fsp3) is 0.471. The third-order valence-corrected chi connectivity index (χ3v) is 5.15. The minimum atomic E-state index is -1.04. The Labute approximate surface area is 155 Å². The van der Waals surface area contributed by atoms with E-state index < -0.39 is 23.3 Å². The molecule has 2 N–H and O–H groups in total. The first-order valence-corrected chi connectivity index (χ1v) is 8.78. The van der Waals surface area contributed by atoms with Gasteiger partial charge >= 0.3 is 6.03 Å². The van der Waals surface area contributed by atoms with E-state index in [1.807, 2.05) is 4.90 Å². The second-order valence-electron chi connectivity index (χ2n) is 6.71. The maximum Gasteiger partial charge on any atom is 0.322 e. The summed E-state index contributed by atoms with van der Waals surface area (Å²) in [6, 6.07) is 4.05. The molecular weight excluding hydrogens is 363 g/mol. The first-order chi connectivity index (χ1) is 12.3. The summed E-state index contributed by atoms with van der Waals surface area (Å²) in [6.07, 6.45) is 0.420. The number of imide groups is 1. The Morgan fingerprint density at radius 2 is 1.96 bits per heavy atom. The van der Waals surface area contributed by atoms with Crippen LogP contribution in [0.4, 0.5) is 14.9 Å². The highest BCUT2D eigenvalue weighted by Crippen LogP contribution is 2.24. The number of hydrogen-bond donors (Lipinski definition) is 2. The van der Waals surface area contributed by atoms with Crippen molar-refractivity contribution in [3.63, 3.8) is 0 Å². The van der Waals surface area contributed by atoms with Crippen LogP contribution in [0.25, 0.3) is 0 Å². The highest BCUT2D eigenvalue weighted by atomic mass is 35.5. The molecule has 1 atom stereocenters. The Morgan fingerprint density at radius 3 is 2.54 bits per heavy atom. The molecule has 1 aromatic rings. The second-order valence-corrected chi connectivity index (χ2v) is 7.11. The molecule has 2 heterocycles. The van der Waals surface area contributed by atoms with Crippen LogP contribution in [0, 0.1) is 5.82 Å². The van der Waals surface area contributed by atoms with Crippen molar-refractivity contribution in [2.45, 2.75) is 25.3 Å². The van der Waals surface area contributed by atoms with Crippen LogP contribution in [0.1, 0.15) is 19.8 Å². The average Bonchev–Trinajstić information content (AvgIpc) is 2.87. The molecule has 2 aliphatic rings. The molecule has 140 valence electrons. The number of urea groups is 1. The van der Waals surface area contributed by atoms with E-state index in [4.69, 9.17) is 11.6 Å². The van der Waals surface area contributed by atoms with Crippen LogP contribution in [0.5, 0.6) is 0 Å². The zero-order chi connectivity index (χ0) is 18.9. The highest BCUT2D eigenvalue weighted by molar-refractivity contribution is 6.31. The van der Waals surface area contributed by atoms with Gasteiger partial charge in [0.1, 0.15) is 11.4 Å². The number of rotatable bonds is 4. The Kier molecular flexibility index (Phi) is 5.04. The van der Waals surface area contributed by atoms with Crippen molar-refractivity contribution in [1.82, 2.24) is 15.5 Å². The molecule has 4 amide bonds. The molecule has 1 aromatic carbocycles. The van der Waals surface area contributed by atoms with Gasteiger partial charge in [-0.05, 0) is 31.5 Å². The van der Waals surface area contributed by atoms with E-state index in [1.54, 1.807) is 24.0 Å². The third-order valence-electron chi connectivity index (χ3n) is 4.86.